The molecule has 9 heteroatoms. The second-order valence-electron chi connectivity index (χ2n) is 10.2. The molecule has 6 rings (SSSR count). The number of hydrogen-bond acceptors (Lipinski definition) is 5. The van der Waals surface area contributed by atoms with Crippen molar-refractivity contribution < 1.29 is 23.5 Å². The lowest BCUT2D eigenvalue weighted by molar-refractivity contribution is 0.0343. The second kappa shape index (κ2) is 9.80. The third kappa shape index (κ3) is 4.51. The van der Waals surface area contributed by atoms with E-state index in [4.69, 9.17) is 9.47 Å². The number of anilines is 2. The van der Waals surface area contributed by atoms with Crippen molar-refractivity contribution in [3.63, 3.8) is 0 Å². The van der Waals surface area contributed by atoms with Crippen molar-refractivity contribution in [2.45, 2.75) is 32.0 Å². The average molecular weight is 531 g/mol. The van der Waals surface area contributed by atoms with Gasteiger partial charge in [-0.3, -0.25) is 9.69 Å². The monoisotopic (exact) mass is 530 g/mol. The molecule has 0 aliphatic carbocycles. The van der Waals surface area contributed by atoms with Crippen molar-refractivity contribution in [3.05, 3.63) is 83.7 Å². The van der Waals surface area contributed by atoms with Crippen molar-refractivity contribution in [2.75, 3.05) is 42.6 Å². The molecule has 2 bridgehead atoms. The van der Waals surface area contributed by atoms with Crippen LogP contribution in [0, 0.1) is 5.82 Å². The van der Waals surface area contributed by atoms with E-state index in [-0.39, 0.29) is 23.8 Å². The lowest BCUT2D eigenvalue weighted by atomic mass is 9.89. The highest BCUT2D eigenvalue weighted by Crippen LogP contribution is 2.49. The Balaban J connectivity index is 1.22. The fraction of sp³-hybridized carbons (Fsp3) is 0.333. The van der Waals surface area contributed by atoms with Crippen LogP contribution in [0.5, 0.6) is 11.5 Å². The largest absolute Gasteiger partial charge is 0.490 e. The lowest BCUT2D eigenvalue weighted by Gasteiger charge is -2.50. The number of carbonyl (C=O) groups excluding carboxylic acids is 2. The highest BCUT2D eigenvalue weighted by molar-refractivity contribution is 5.99. The standard InChI is InChI=1S/C30H31FN4O4/c1-3-38-26-9-5-8-24-25-19-30(2,39-27(24)26)35(29(37)32-25)23-7-4-6-20(18-23)28(36)34-16-14-33(15-17-34)22-12-10-21(31)11-13-22/h4-13,18,25H,3,14-17,19H2,1-2H3,(H,32,37). The molecule has 3 amide bonds. The molecule has 2 unspecified atom stereocenters. The normalized spacial score (nSPS) is 22.1. The number of nitrogens with zero attached hydrogens (tertiary/aromatic N) is 3. The summed E-state index contributed by atoms with van der Waals surface area (Å²) in [5.74, 6) is 0.918. The summed E-state index contributed by atoms with van der Waals surface area (Å²) >= 11 is 0. The molecule has 202 valence electrons. The highest BCUT2D eigenvalue weighted by atomic mass is 19.1. The van der Waals surface area contributed by atoms with Gasteiger partial charge in [0.25, 0.3) is 5.91 Å². The molecule has 8 nitrogen and oxygen atoms in total. The van der Waals surface area contributed by atoms with Crippen LogP contribution in [0.4, 0.5) is 20.6 Å². The maximum Gasteiger partial charge on any atom is 0.325 e. The minimum Gasteiger partial charge on any atom is -0.490 e. The van der Waals surface area contributed by atoms with Gasteiger partial charge in [0.05, 0.1) is 18.3 Å². The van der Waals surface area contributed by atoms with Crippen LogP contribution in [0.25, 0.3) is 0 Å². The molecule has 0 saturated carbocycles. The van der Waals surface area contributed by atoms with E-state index in [1.165, 1.54) is 12.1 Å². The maximum absolute atomic E-state index is 13.5. The van der Waals surface area contributed by atoms with E-state index in [0.717, 1.165) is 11.3 Å². The predicted octanol–water partition coefficient (Wildman–Crippen LogP) is 4.96. The molecule has 3 aliphatic rings. The minimum absolute atomic E-state index is 0.0930. The summed E-state index contributed by atoms with van der Waals surface area (Å²) in [6, 6.07) is 18.8. The number of fused-ring (bicyclic) bond motifs is 4. The highest BCUT2D eigenvalue weighted by Gasteiger charge is 2.50. The average Bonchev–Trinajstić information content (AvgIpc) is 2.93. The van der Waals surface area contributed by atoms with Crippen LogP contribution in [0.3, 0.4) is 0 Å². The number of benzene rings is 3. The van der Waals surface area contributed by atoms with Crippen LogP contribution in [0.15, 0.2) is 66.7 Å². The first-order valence-corrected chi connectivity index (χ1v) is 13.3. The van der Waals surface area contributed by atoms with E-state index >= 15 is 0 Å². The van der Waals surface area contributed by atoms with Crippen molar-refractivity contribution in [1.82, 2.24) is 10.2 Å². The Kier molecular flexibility index (Phi) is 6.29. The predicted molar refractivity (Wildman–Crippen MR) is 146 cm³/mol. The number of halogens is 1. The first-order valence-electron chi connectivity index (χ1n) is 13.3. The third-order valence-electron chi connectivity index (χ3n) is 7.67. The Labute approximate surface area is 226 Å². The Bertz CT molecular complexity index is 1410. The van der Waals surface area contributed by atoms with Gasteiger partial charge in [0.15, 0.2) is 17.2 Å². The molecular formula is C30H31FN4O4. The van der Waals surface area contributed by atoms with Gasteiger partial charge >= 0.3 is 6.03 Å². The minimum atomic E-state index is -0.963. The van der Waals surface area contributed by atoms with Gasteiger partial charge in [-0.1, -0.05) is 18.2 Å². The molecule has 3 aromatic carbocycles. The van der Waals surface area contributed by atoms with Crippen molar-refractivity contribution in [2.24, 2.45) is 0 Å². The summed E-state index contributed by atoms with van der Waals surface area (Å²) in [6.07, 6.45) is 0.546. The fourth-order valence-electron chi connectivity index (χ4n) is 5.80. The summed E-state index contributed by atoms with van der Waals surface area (Å²) < 4.78 is 25.6. The molecule has 3 aromatic rings. The quantitative estimate of drug-likeness (QED) is 0.505. The van der Waals surface area contributed by atoms with Crippen molar-refractivity contribution in [3.8, 4) is 11.5 Å². The third-order valence-corrected chi connectivity index (χ3v) is 7.67. The molecular weight excluding hydrogens is 499 g/mol. The van der Waals surface area contributed by atoms with Crippen LogP contribution in [0.2, 0.25) is 0 Å². The molecule has 2 saturated heterocycles. The van der Waals surface area contributed by atoms with Crippen LogP contribution in [-0.4, -0.2) is 55.3 Å². The van der Waals surface area contributed by atoms with Gasteiger partial charge in [0.1, 0.15) is 5.82 Å². The molecule has 0 spiro atoms. The number of amides is 3. The molecule has 3 aliphatic heterocycles. The van der Waals surface area contributed by atoms with Crippen molar-refractivity contribution >= 4 is 23.3 Å². The number of ether oxygens (including phenoxy) is 2. The molecule has 0 radical (unpaired) electrons. The molecule has 3 heterocycles. The summed E-state index contributed by atoms with van der Waals surface area (Å²) in [7, 11) is 0. The smallest absolute Gasteiger partial charge is 0.325 e. The van der Waals surface area contributed by atoms with Gasteiger partial charge in [0.2, 0.25) is 0 Å². The Hall–Kier alpha value is -4.27. The van der Waals surface area contributed by atoms with E-state index in [2.05, 4.69) is 10.2 Å². The molecule has 2 fully saturated rings. The number of carbonyl (C=O) groups is 2. The molecule has 0 aromatic heterocycles. The molecule has 39 heavy (non-hydrogen) atoms. The Morgan fingerprint density at radius 1 is 1.05 bits per heavy atom. The van der Waals surface area contributed by atoms with Gasteiger partial charge in [-0.15, -0.1) is 0 Å². The molecule has 1 N–H and O–H groups in total. The zero-order valence-electron chi connectivity index (χ0n) is 22.0. The van der Waals surface area contributed by atoms with Gasteiger partial charge < -0.3 is 24.6 Å². The summed E-state index contributed by atoms with van der Waals surface area (Å²) in [5, 5.41) is 3.11. The zero-order valence-corrected chi connectivity index (χ0v) is 22.0. The van der Waals surface area contributed by atoms with Crippen molar-refractivity contribution in [1.29, 1.82) is 0 Å². The Morgan fingerprint density at radius 3 is 2.54 bits per heavy atom. The number of hydrogen-bond donors (Lipinski definition) is 1. The fourth-order valence-corrected chi connectivity index (χ4v) is 5.80. The van der Waals surface area contributed by atoms with Crippen LogP contribution < -0.4 is 24.6 Å². The SMILES string of the molecule is CCOc1cccc2c1OC1(C)CC2NC(=O)N1c1cccc(C(=O)N2CCN(c3ccc(F)cc3)CC2)c1. The van der Waals surface area contributed by atoms with Crippen LogP contribution in [0.1, 0.15) is 42.2 Å². The Morgan fingerprint density at radius 2 is 1.79 bits per heavy atom. The van der Waals surface area contributed by atoms with E-state index < -0.39 is 5.72 Å². The maximum atomic E-state index is 13.5. The topological polar surface area (TPSA) is 74.3 Å². The summed E-state index contributed by atoms with van der Waals surface area (Å²) in [5.41, 5.74) is 1.97. The first kappa shape index (κ1) is 25.0. The van der Waals surface area contributed by atoms with Gasteiger partial charge in [-0.2, -0.15) is 0 Å². The number of nitrogens with one attached hydrogen (secondary N) is 1. The molecule has 2 atom stereocenters. The number of rotatable bonds is 5. The van der Waals surface area contributed by atoms with Gasteiger partial charge in [-0.05, 0) is 62.4 Å². The van der Waals surface area contributed by atoms with Gasteiger partial charge in [0, 0.05) is 49.4 Å². The van der Waals surface area contributed by atoms with E-state index in [0.29, 0.717) is 62.0 Å². The number of urea groups is 1. The lowest BCUT2D eigenvalue weighted by Crippen LogP contribution is -2.65. The number of piperazine rings is 1. The van der Waals surface area contributed by atoms with E-state index in [1.54, 1.807) is 35.2 Å². The second-order valence-corrected chi connectivity index (χ2v) is 10.2. The number of para-hydroxylation sites is 1. The summed E-state index contributed by atoms with van der Waals surface area (Å²) in [6.45, 7) is 6.71. The van der Waals surface area contributed by atoms with Crippen LogP contribution >= 0.6 is 0 Å². The van der Waals surface area contributed by atoms with E-state index in [9.17, 15) is 14.0 Å². The summed E-state index contributed by atoms with van der Waals surface area (Å²) in [4.78, 5) is 32.4. The van der Waals surface area contributed by atoms with E-state index in [1.807, 2.05) is 43.0 Å². The van der Waals surface area contributed by atoms with Gasteiger partial charge in [-0.25, -0.2) is 9.18 Å². The first-order chi connectivity index (χ1) is 18.9. The van der Waals surface area contributed by atoms with Crippen LogP contribution in [-0.2, 0) is 0 Å². The zero-order chi connectivity index (χ0) is 27.1.